The van der Waals surface area contributed by atoms with E-state index in [2.05, 4.69) is 10.3 Å². The molecule has 3 aromatic rings. The minimum absolute atomic E-state index is 0.114. The van der Waals surface area contributed by atoms with Crippen LogP contribution in [0.25, 0.3) is 11.0 Å². The maximum absolute atomic E-state index is 12.7. The molecule has 4 rings (SSSR count). The number of rotatable bonds is 4. The third-order valence-electron chi connectivity index (χ3n) is 5.26. The Labute approximate surface area is 173 Å². The van der Waals surface area contributed by atoms with Crippen LogP contribution < -0.4 is 15.8 Å². The molecule has 30 heavy (non-hydrogen) atoms. The molecule has 0 saturated carbocycles. The average molecular weight is 406 g/mol. The number of nitrogens with one attached hydrogen (secondary N) is 1. The molecule has 8 heteroatoms. The summed E-state index contributed by atoms with van der Waals surface area (Å²) in [5.74, 6) is 0.545. The lowest BCUT2D eigenvalue weighted by molar-refractivity contribution is -0.128. The first-order chi connectivity index (χ1) is 14.3. The van der Waals surface area contributed by atoms with Crippen LogP contribution in [-0.2, 0) is 10.3 Å². The first kappa shape index (κ1) is 19.5. The van der Waals surface area contributed by atoms with Gasteiger partial charge in [-0.05, 0) is 48.9 Å². The molecule has 1 aliphatic heterocycles. The zero-order valence-electron chi connectivity index (χ0n) is 16.9. The number of hydrogen-bond acceptors (Lipinski definition) is 6. The van der Waals surface area contributed by atoms with Crippen molar-refractivity contribution >= 4 is 34.4 Å². The van der Waals surface area contributed by atoms with E-state index in [4.69, 9.17) is 14.9 Å². The van der Waals surface area contributed by atoms with Crippen molar-refractivity contribution in [1.82, 2.24) is 4.90 Å². The first-order valence-corrected chi connectivity index (χ1v) is 9.40. The molecule has 1 atom stereocenters. The number of methoxy groups -OCH3 is 1. The molecule has 0 fully saturated rings. The normalized spacial score (nSPS) is 19.0. The number of nitrogens with zero attached hydrogens (tertiary/aromatic N) is 2. The van der Waals surface area contributed by atoms with Crippen LogP contribution in [0.4, 0.5) is 5.69 Å². The van der Waals surface area contributed by atoms with E-state index in [-0.39, 0.29) is 30.0 Å². The summed E-state index contributed by atoms with van der Waals surface area (Å²) in [4.78, 5) is 30.8. The summed E-state index contributed by atoms with van der Waals surface area (Å²) in [6.45, 7) is 1.85. The van der Waals surface area contributed by atoms with E-state index >= 15 is 0 Å². The van der Waals surface area contributed by atoms with Gasteiger partial charge in [-0.15, -0.1) is 0 Å². The lowest BCUT2D eigenvalue weighted by Crippen LogP contribution is -2.47. The Morgan fingerprint density at radius 2 is 2.07 bits per heavy atom. The van der Waals surface area contributed by atoms with Gasteiger partial charge in [-0.3, -0.25) is 14.5 Å². The highest BCUT2D eigenvalue weighted by Gasteiger charge is 2.36. The van der Waals surface area contributed by atoms with Gasteiger partial charge in [-0.2, -0.15) is 0 Å². The van der Waals surface area contributed by atoms with Crippen LogP contribution in [-0.4, -0.2) is 36.8 Å². The van der Waals surface area contributed by atoms with Crippen LogP contribution in [0.3, 0.4) is 0 Å². The van der Waals surface area contributed by atoms with Crippen LogP contribution in [0.2, 0.25) is 0 Å². The van der Waals surface area contributed by atoms with Crippen LogP contribution in [0.1, 0.15) is 29.5 Å². The summed E-state index contributed by atoms with van der Waals surface area (Å²) in [6.07, 6.45) is 0.188. The topological polar surface area (TPSA) is 110 Å². The van der Waals surface area contributed by atoms with E-state index in [0.717, 1.165) is 10.9 Å². The second-order valence-electron chi connectivity index (χ2n) is 7.42. The van der Waals surface area contributed by atoms with Crippen molar-refractivity contribution in [3.63, 3.8) is 0 Å². The van der Waals surface area contributed by atoms with Crippen molar-refractivity contribution < 1.29 is 18.7 Å². The lowest BCUT2D eigenvalue weighted by atomic mass is 9.87. The van der Waals surface area contributed by atoms with Crippen LogP contribution in [0, 0.1) is 0 Å². The highest BCUT2D eigenvalue weighted by atomic mass is 16.5. The van der Waals surface area contributed by atoms with E-state index in [1.807, 2.05) is 13.0 Å². The summed E-state index contributed by atoms with van der Waals surface area (Å²) in [5, 5.41) is 3.61. The molecule has 3 N–H and O–H groups in total. The molecule has 0 saturated heterocycles. The van der Waals surface area contributed by atoms with Gasteiger partial charge in [0.2, 0.25) is 5.91 Å². The Kier molecular flexibility index (Phi) is 4.69. The molecule has 0 radical (unpaired) electrons. The average Bonchev–Trinajstić information content (AvgIpc) is 3.15. The molecule has 2 heterocycles. The highest BCUT2D eigenvalue weighted by Crippen LogP contribution is 2.34. The third-order valence-corrected chi connectivity index (χ3v) is 5.26. The molecular weight excluding hydrogens is 384 g/mol. The number of carbonyl (C=O) groups is 2. The van der Waals surface area contributed by atoms with Gasteiger partial charge >= 0.3 is 0 Å². The van der Waals surface area contributed by atoms with Crippen molar-refractivity contribution in [3.8, 4) is 5.75 Å². The Balaban J connectivity index is 1.59. The maximum Gasteiger partial charge on any atom is 0.291 e. The van der Waals surface area contributed by atoms with E-state index in [1.54, 1.807) is 56.6 Å². The second-order valence-corrected chi connectivity index (χ2v) is 7.42. The van der Waals surface area contributed by atoms with Crippen LogP contribution >= 0.6 is 0 Å². The summed E-state index contributed by atoms with van der Waals surface area (Å²) in [6, 6.07) is 14.2. The Morgan fingerprint density at radius 1 is 1.27 bits per heavy atom. The fourth-order valence-corrected chi connectivity index (χ4v) is 3.46. The third kappa shape index (κ3) is 3.47. The standard InChI is InChI=1S/C22H22N4O4/c1-22(12-19(27)26(2)21(23)25-22)14-5-4-6-15(11-14)24-20(28)18-10-13-9-16(29-3)7-8-17(13)30-18/h4-11H,12H2,1-3H3,(H2,23,25)(H,24,28). The van der Waals surface area contributed by atoms with Gasteiger partial charge in [0.15, 0.2) is 11.7 Å². The second kappa shape index (κ2) is 7.22. The smallest absolute Gasteiger partial charge is 0.291 e. The molecule has 8 nitrogen and oxygen atoms in total. The number of carbonyl (C=O) groups excluding carboxylic acids is 2. The monoisotopic (exact) mass is 406 g/mol. The zero-order valence-corrected chi connectivity index (χ0v) is 16.9. The van der Waals surface area contributed by atoms with E-state index in [0.29, 0.717) is 17.0 Å². The molecule has 2 amide bonds. The lowest BCUT2D eigenvalue weighted by Gasteiger charge is -2.33. The largest absolute Gasteiger partial charge is 0.497 e. The molecule has 0 aliphatic carbocycles. The predicted octanol–water partition coefficient (Wildman–Crippen LogP) is 3.09. The SMILES string of the molecule is COc1ccc2oc(C(=O)Nc3cccc(C4(C)CC(=O)N(C)C(N)=N4)c3)cc2c1. The predicted molar refractivity (Wildman–Crippen MR) is 114 cm³/mol. The molecule has 1 aliphatic rings. The van der Waals surface area contributed by atoms with Gasteiger partial charge in [0.25, 0.3) is 5.91 Å². The van der Waals surface area contributed by atoms with Gasteiger partial charge in [-0.1, -0.05) is 12.1 Å². The number of fused-ring (bicyclic) bond motifs is 1. The number of anilines is 1. The summed E-state index contributed by atoms with van der Waals surface area (Å²) >= 11 is 0. The van der Waals surface area contributed by atoms with Crippen molar-refractivity contribution in [1.29, 1.82) is 0 Å². The van der Waals surface area contributed by atoms with Crippen molar-refractivity contribution in [2.75, 3.05) is 19.5 Å². The van der Waals surface area contributed by atoms with Crippen molar-refractivity contribution in [2.45, 2.75) is 18.9 Å². The van der Waals surface area contributed by atoms with E-state index in [1.165, 1.54) is 4.90 Å². The fraction of sp³-hybridized carbons (Fsp3) is 0.227. The van der Waals surface area contributed by atoms with Gasteiger partial charge in [0, 0.05) is 18.1 Å². The zero-order chi connectivity index (χ0) is 21.5. The minimum atomic E-state index is -0.801. The molecule has 0 spiro atoms. The molecular formula is C22H22N4O4. The van der Waals surface area contributed by atoms with Crippen LogP contribution in [0.15, 0.2) is 57.9 Å². The number of ether oxygens (including phenoxy) is 1. The molecule has 0 bridgehead atoms. The quantitative estimate of drug-likeness (QED) is 0.692. The van der Waals surface area contributed by atoms with Crippen molar-refractivity contribution in [3.05, 3.63) is 59.9 Å². The number of guanidine groups is 1. The van der Waals surface area contributed by atoms with E-state index in [9.17, 15) is 9.59 Å². The Morgan fingerprint density at radius 3 is 2.80 bits per heavy atom. The van der Waals surface area contributed by atoms with Crippen molar-refractivity contribution in [2.24, 2.45) is 10.7 Å². The number of nitrogens with two attached hydrogens (primary N) is 1. The maximum atomic E-state index is 12.7. The number of amides is 2. The van der Waals surface area contributed by atoms with E-state index < -0.39 is 5.54 Å². The summed E-state index contributed by atoms with van der Waals surface area (Å²) < 4.78 is 10.9. The van der Waals surface area contributed by atoms with Gasteiger partial charge in [-0.25, -0.2) is 4.99 Å². The number of benzene rings is 2. The van der Waals surface area contributed by atoms with Gasteiger partial charge in [0.05, 0.1) is 19.1 Å². The summed E-state index contributed by atoms with van der Waals surface area (Å²) in [5.41, 5.74) is 7.03. The van der Waals surface area contributed by atoms with Gasteiger partial charge < -0.3 is 20.2 Å². The number of hydrogen-bond donors (Lipinski definition) is 2. The van der Waals surface area contributed by atoms with Crippen LogP contribution in [0.5, 0.6) is 5.75 Å². The number of aliphatic imine (C=N–C) groups is 1. The highest BCUT2D eigenvalue weighted by molar-refractivity contribution is 6.05. The molecule has 154 valence electrons. The molecule has 1 unspecified atom stereocenters. The minimum Gasteiger partial charge on any atom is -0.497 e. The molecule has 1 aromatic heterocycles. The fourth-order valence-electron chi connectivity index (χ4n) is 3.46. The Hall–Kier alpha value is -3.81. The molecule has 2 aromatic carbocycles. The number of furan rings is 1. The summed E-state index contributed by atoms with van der Waals surface area (Å²) in [7, 11) is 3.18. The Bertz CT molecular complexity index is 1180. The first-order valence-electron chi connectivity index (χ1n) is 9.40. The van der Waals surface area contributed by atoms with Gasteiger partial charge in [0.1, 0.15) is 11.3 Å².